The first-order valence-electron chi connectivity index (χ1n) is 7.01. The number of nitrogens with zero attached hydrogens (tertiary/aromatic N) is 1. The van der Waals surface area contributed by atoms with Crippen LogP contribution in [0.2, 0.25) is 0 Å². The van der Waals surface area contributed by atoms with E-state index >= 15 is 0 Å². The quantitative estimate of drug-likeness (QED) is 0.739. The number of aromatic nitrogens is 1. The molecule has 4 heteroatoms. The molecule has 21 heavy (non-hydrogen) atoms. The van der Waals surface area contributed by atoms with Gasteiger partial charge in [-0.25, -0.2) is 4.79 Å². The highest BCUT2D eigenvalue weighted by Gasteiger charge is 2.21. The molecule has 0 bridgehead atoms. The standard InChI is InChI=1S/C17H20BrNO2/c1-5-12-8-6-7-9-14(12)15-10-13(18)11-19(15)16(20)21-17(2,3)4/h6-11H,5H2,1-4H3. The fraction of sp³-hybridized carbons (Fsp3) is 0.353. The van der Waals surface area contributed by atoms with E-state index in [1.54, 1.807) is 10.8 Å². The summed E-state index contributed by atoms with van der Waals surface area (Å²) in [7, 11) is 0. The van der Waals surface area contributed by atoms with Gasteiger partial charge in [0.05, 0.1) is 5.69 Å². The SMILES string of the molecule is CCc1ccccc1-c1cc(Br)cn1C(=O)OC(C)(C)C. The summed E-state index contributed by atoms with van der Waals surface area (Å²) in [4.78, 5) is 12.4. The molecule has 2 aromatic rings. The number of benzene rings is 1. The average molecular weight is 350 g/mol. The first-order valence-corrected chi connectivity index (χ1v) is 7.80. The van der Waals surface area contributed by atoms with Crippen molar-refractivity contribution in [3.05, 3.63) is 46.6 Å². The Kier molecular flexibility index (Phi) is 4.57. The second kappa shape index (κ2) is 6.06. The molecule has 0 saturated heterocycles. The minimum absolute atomic E-state index is 0.367. The van der Waals surface area contributed by atoms with E-state index in [4.69, 9.17) is 4.74 Å². The topological polar surface area (TPSA) is 31.2 Å². The highest BCUT2D eigenvalue weighted by Crippen LogP contribution is 2.29. The largest absolute Gasteiger partial charge is 0.443 e. The number of ether oxygens (including phenoxy) is 1. The maximum Gasteiger partial charge on any atom is 0.419 e. The van der Waals surface area contributed by atoms with E-state index in [2.05, 4.69) is 28.9 Å². The molecular weight excluding hydrogens is 330 g/mol. The predicted octanol–water partition coefficient (Wildman–Crippen LogP) is 5.26. The van der Waals surface area contributed by atoms with Crippen LogP contribution >= 0.6 is 15.9 Å². The molecule has 1 aromatic heterocycles. The van der Waals surface area contributed by atoms with Gasteiger partial charge in [-0.05, 0) is 54.8 Å². The summed E-state index contributed by atoms with van der Waals surface area (Å²) in [6, 6.07) is 10.0. The van der Waals surface area contributed by atoms with Crippen LogP contribution in [0.1, 0.15) is 33.3 Å². The molecule has 1 heterocycles. The Labute approximate surface area is 134 Å². The molecular formula is C17H20BrNO2. The lowest BCUT2D eigenvalue weighted by atomic mass is 10.0. The molecule has 0 amide bonds. The summed E-state index contributed by atoms with van der Waals surface area (Å²) in [6.45, 7) is 7.70. The Morgan fingerprint density at radius 2 is 1.95 bits per heavy atom. The number of carbonyl (C=O) groups excluding carboxylic acids is 1. The lowest BCUT2D eigenvalue weighted by Gasteiger charge is -2.20. The summed E-state index contributed by atoms with van der Waals surface area (Å²) < 4.78 is 7.89. The van der Waals surface area contributed by atoms with Gasteiger partial charge < -0.3 is 4.74 Å². The number of rotatable bonds is 2. The molecule has 3 nitrogen and oxygen atoms in total. The Morgan fingerprint density at radius 3 is 2.57 bits per heavy atom. The molecule has 1 aromatic carbocycles. The van der Waals surface area contributed by atoms with E-state index in [1.165, 1.54) is 5.56 Å². The molecule has 0 saturated carbocycles. The van der Waals surface area contributed by atoms with Gasteiger partial charge in [-0.2, -0.15) is 0 Å². The highest BCUT2D eigenvalue weighted by atomic mass is 79.9. The first kappa shape index (κ1) is 15.8. The van der Waals surface area contributed by atoms with E-state index in [9.17, 15) is 4.79 Å². The molecule has 112 valence electrons. The molecule has 0 aliphatic carbocycles. The van der Waals surface area contributed by atoms with Gasteiger partial charge in [0, 0.05) is 16.2 Å². The van der Waals surface area contributed by atoms with Crippen molar-refractivity contribution >= 4 is 22.0 Å². The lowest BCUT2D eigenvalue weighted by Crippen LogP contribution is -2.27. The van der Waals surface area contributed by atoms with E-state index in [1.807, 2.05) is 45.0 Å². The van der Waals surface area contributed by atoms with Crippen molar-refractivity contribution < 1.29 is 9.53 Å². The second-order valence-electron chi connectivity index (χ2n) is 5.90. The Balaban J connectivity index is 2.48. The van der Waals surface area contributed by atoms with Gasteiger partial charge in [-0.3, -0.25) is 4.57 Å². The van der Waals surface area contributed by atoms with Crippen LogP contribution in [0.25, 0.3) is 11.3 Å². The maximum absolute atomic E-state index is 12.4. The summed E-state index contributed by atoms with van der Waals surface area (Å²) in [5, 5.41) is 0. The van der Waals surface area contributed by atoms with Gasteiger partial charge in [0.2, 0.25) is 0 Å². The second-order valence-corrected chi connectivity index (χ2v) is 6.82. The van der Waals surface area contributed by atoms with Crippen LogP contribution in [-0.2, 0) is 11.2 Å². The molecule has 0 aliphatic heterocycles. The third kappa shape index (κ3) is 3.76. The minimum Gasteiger partial charge on any atom is -0.443 e. The number of aryl methyl sites for hydroxylation is 1. The van der Waals surface area contributed by atoms with Gasteiger partial charge in [-0.15, -0.1) is 0 Å². The van der Waals surface area contributed by atoms with Crippen molar-refractivity contribution in [2.45, 2.75) is 39.7 Å². The molecule has 0 aliphatic rings. The fourth-order valence-corrected chi connectivity index (χ4v) is 2.60. The zero-order valence-electron chi connectivity index (χ0n) is 12.8. The summed E-state index contributed by atoms with van der Waals surface area (Å²) in [5.74, 6) is 0. The molecule has 0 spiro atoms. The van der Waals surface area contributed by atoms with Crippen LogP contribution in [0, 0.1) is 0 Å². The third-order valence-corrected chi connectivity index (χ3v) is 3.48. The van der Waals surface area contributed by atoms with Gasteiger partial charge >= 0.3 is 6.09 Å². The van der Waals surface area contributed by atoms with E-state index in [0.29, 0.717) is 0 Å². The van der Waals surface area contributed by atoms with E-state index < -0.39 is 5.60 Å². The van der Waals surface area contributed by atoms with Crippen LogP contribution in [-0.4, -0.2) is 16.3 Å². The lowest BCUT2D eigenvalue weighted by molar-refractivity contribution is 0.0540. The monoisotopic (exact) mass is 349 g/mol. The van der Waals surface area contributed by atoms with Gasteiger partial charge in [0.1, 0.15) is 5.60 Å². The number of hydrogen-bond acceptors (Lipinski definition) is 2. The number of halogens is 1. The molecule has 2 rings (SSSR count). The van der Waals surface area contributed by atoms with Gasteiger partial charge in [-0.1, -0.05) is 31.2 Å². The molecule has 0 unspecified atom stereocenters. The highest BCUT2D eigenvalue weighted by molar-refractivity contribution is 9.10. The average Bonchev–Trinajstić information content (AvgIpc) is 2.79. The van der Waals surface area contributed by atoms with Crippen LogP contribution in [0.4, 0.5) is 4.79 Å². The van der Waals surface area contributed by atoms with Crippen molar-refractivity contribution in [3.8, 4) is 11.3 Å². The number of hydrogen-bond donors (Lipinski definition) is 0. The number of carbonyl (C=O) groups is 1. The van der Waals surface area contributed by atoms with Crippen LogP contribution in [0.15, 0.2) is 41.0 Å². The van der Waals surface area contributed by atoms with Crippen molar-refractivity contribution in [2.75, 3.05) is 0 Å². The summed E-state index contributed by atoms with van der Waals surface area (Å²) in [5.41, 5.74) is 2.58. The van der Waals surface area contributed by atoms with E-state index in [0.717, 1.165) is 22.2 Å². The van der Waals surface area contributed by atoms with Crippen molar-refractivity contribution in [2.24, 2.45) is 0 Å². The molecule has 0 radical (unpaired) electrons. The minimum atomic E-state index is -0.518. The van der Waals surface area contributed by atoms with Crippen LogP contribution < -0.4 is 0 Å². The van der Waals surface area contributed by atoms with Gasteiger partial charge in [0.15, 0.2) is 0 Å². The Morgan fingerprint density at radius 1 is 1.29 bits per heavy atom. The third-order valence-electron chi connectivity index (χ3n) is 3.05. The Hall–Kier alpha value is -1.55. The van der Waals surface area contributed by atoms with Crippen molar-refractivity contribution in [1.29, 1.82) is 0 Å². The zero-order chi connectivity index (χ0) is 15.6. The summed E-state index contributed by atoms with van der Waals surface area (Å²) in [6.07, 6.45) is 2.29. The van der Waals surface area contributed by atoms with Crippen LogP contribution in [0.5, 0.6) is 0 Å². The van der Waals surface area contributed by atoms with Crippen molar-refractivity contribution in [1.82, 2.24) is 4.57 Å². The fourth-order valence-electron chi connectivity index (χ4n) is 2.18. The zero-order valence-corrected chi connectivity index (χ0v) is 14.4. The molecule has 0 atom stereocenters. The summed E-state index contributed by atoms with van der Waals surface area (Å²) >= 11 is 3.45. The smallest absolute Gasteiger partial charge is 0.419 e. The molecule has 0 N–H and O–H groups in total. The van der Waals surface area contributed by atoms with Gasteiger partial charge in [0.25, 0.3) is 0 Å². The Bertz CT molecular complexity index is 653. The molecule has 0 fully saturated rings. The normalized spacial score (nSPS) is 11.5. The van der Waals surface area contributed by atoms with Crippen LogP contribution in [0.3, 0.4) is 0 Å². The van der Waals surface area contributed by atoms with Crippen molar-refractivity contribution in [3.63, 3.8) is 0 Å². The maximum atomic E-state index is 12.4. The van der Waals surface area contributed by atoms with E-state index in [-0.39, 0.29) is 6.09 Å². The predicted molar refractivity (Wildman–Crippen MR) is 88.6 cm³/mol. The first-order chi connectivity index (χ1) is 9.81.